The van der Waals surface area contributed by atoms with Crippen molar-refractivity contribution in [2.24, 2.45) is 5.10 Å². The van der Waals surface area contributed by atoms with E-state index in [4.69, 9.17) is 4.74 Å². The number of nitrogens with one attached hydrogen (secondary N) is 1. The number of benzene rings is 2. The van der Waals surface area contributed by atoms with Crippen LogP contribution in [0.2, 0.25) is 0 Å². The first kappa shape index (κ1) is 20.8. The van der Waals surface area contributed by atoms with Crippen molar-refractivity contribution in [1.82, 2.24) is 9.73 Å². The molecule has 0 unspecified atom stereocenters. The Labute approximate surface area is 170 Å². The van der Waals surface area contributed by atoms with Crippen molar-refractivity contribution in [3.05, 3.63) is 72.3 Å². The quantitative estimate of drug-likeness (QED) is 0.409. The van der Waals surface area contributed by atoms with E-state index in [-0.39, 0.29) is 10.5 Å². The van der Waals surface area contributed by atoms with Gasteiger partial charge in [0.2, 0.25) is 10.0 Å². The number of rotatable bonds is 8. The minimum Gasteiger partial charge on any atom is -0.490 e. The van der Waals surface area contributed by atoms with Crippen LogP contribution >= 0.6 is 0 Å². The normalized spacial score (nSPS) is 14.8. The van der Waals surface area contributed by atoms with Gasteiger partial charge < -0.3 is 4.74 Å². The summed E-state index contributed by atoms with van der Waals surface area (Å²) >= 11 is 0. The van der Waals surface area contributed by atoms with Gasteiger partial charge in [0.05, 0.1) is 11.1 Å². The van der Waals surface area contributed by atoms with Crippen LogP contribution in [0.3, 0.4) is 0 Å². The van der Waals surface area contributed by atoms with Gasteiger partial charge in [0.25, 0.3) is 5.91 Å². The maximum Gasteiger partial charge on any atom is 0.271 e. The number of sulfonamides is 1. The molecule has 1 aliphatic heterocycles. The van der Waals surface area contributed by atoms with Gasteiger partial charge in [-0.25, -0.2) is 13.8 Å². The van der Waals surface area contributed by atoms with Gasteiger partial charge in [0.1, 0.15) is 12.4 Å². The minimum absolute atomic E-state index is 0.114. The Bertz CT molecular complexity index is 1010. The van der Waals surface area contributed by atoms with Gasteiger partial charge in [-0.3, -0.25) is 4.79 Å². The lowest BCUT2D eigenvalue weighted by Crippen LogP contribution is -2.28. The van der Waals surface area contributed by atoms with Crippen molar-refractivity contribution in [2.45, 2.75) is 17.7 Å². The van der Waals surface area contributed by atoms with Crippen molar-refractivity contribution in [1.29, 1.82) is 0 Å². The SMILES string of the molecule is C=CCOc1cccc(/C=N\NC(=O)c2cccc(S(=O)(=O)N3CCCC3)c2)c1. The summed E-state index contributed by atoms with van der Waals surface area (Å²) in [5, 5.41) is 3.95. The molecule has 2 aromatic carbocycles. The molecular formula is C21H23N3O4S. The maximum absolute atomic E-state index is 12.7. The summed E-state index contributed by atoms with van der Waals surface area (Å²) in [4.78, 5) is 12.5. The van der Waals surface area contributed by atoms with Crippen molar-refractivity contribution in [3.63, 3.8) is 0 Å². The fourth-order valence-corrected chi connectivity index (χ4v) is 4.51. The summed E-state index contributed by atoms with van der Waals surface area (Å²) in [6, 6.07) is 13.2. The summed E-state index contributed by atoms with van der Waals surface area (Å²) in [6.45, 7) is 5.02. The van der Waals surface area contributed by atoms with E-state index in [1.807, 2.05) is 18.2 Å². The van der Waals surface area contributed by atoms with E-state index in [0.29, 0.717) is 25.4 Å². The van der Waals surface area contributed by atoms with Crippen LogP contribution in [-0.2, 0) is 10.0 Å². The lowest BCUT2D eigenvalue weighted by molar-refractivity contribution is 0.0955. The summed E-state index contributed by atoms with van der Waals surface area (Å²) < 4.78 is 32.2. The van der Waals surface area contributed by atoms with Crippen LogP contribution < -0.4 is 10.2 Å². The number of nitrogens with zero attached hydrogens (tertiary/aromatic N) is 2. The average molecular weight is 413 g/mol. The number of carbonyl (C=O) groups is 1. The molecule has 0 aliphatic carbocycles. The predicted octanol–water partition coefficient (Wildman–Crippen LogP) is 2.80. The molecule has 0 spiro atoms. The Hall–Kier alpha value is -2.97. The highest BCUT2D eigenvalue weighted by Crippen LogP contribution is 2.21. The highest BCUT2D eigenvalue weighted by molar-refractivity contribution is 7.89. The fraction of sp³-hybridized carbons (Fsp3) is 0.238. The van der Waals surface area contributed by atoms with Crippen LogP contribution in [-0.4, -0.2) is 44.5 Å². The lowest BCUT2D eigenvalue weighted by atomic mass is 10.2. The van der Waals surface area contributed by atoms with E-state index in [2.05, 4.69) is 17.1 Å². The van der Waals surface area contributed by atoms with E-state index < -0.39 is 15.9 Å². The molecule has 1 fully saturated rings. The van der Waals surface area contributed by atoms with Crippen LogP contribution in [0.4, 0.5) is 0 Å². The standard InChI is InChI=1S/C21H23N3O4S/c1-2-13-28-19-9-5-7-17(14-19)16-22-23-21(25)18-8-6-10-20(15-18)29(26,27)24-11-3-4-12-24/h2,5-10,14-16H,1,3-4,11-13H2,(H,23,25)/b22-16-. The van der Waals surface area contributed by atoms with E-state index >= 15 is 0 Å². The second kappa shape index (κ2) is 9.49. The first-order valence-electron chi connectivity index (χ1n) is 9.28. The number of ether oxygens (including phenoxy) is 1. The lowest BCUT2D eigenvalue weighted by Gasteiger charge is -2.15. The zero-order valence-corrected chi connectivity index (χ0v) is 16.8. The molecule has 7 nitrogen and oxygen atoms in total. The van der Waals surface area contributed by atoms with E-state index in [1.165, 1.54) is 22.7 Å². The Morgan fingerprint density at radius 2 is 1.93 bits per heavy atom. The van der Waals surface area contributed by atoms with Gasteiger partial charge in [-0.1, -0.05) is 30.9 Å². The number of hydrogen-bond acceptors (Lipinski definition) is 5. The van der Waals surface area contributed by atoms with Gasteiger partial charge in [-0.15, -0.1) is 0 Å². The number of amides is 1. The molecule has 29 heavy (non-hydrogen) atoms. The van der Waals surface area contributed by atoms with Crippen molar-refractivity contribution in [2.75, 3.05) is 19.7 Å². The molecule has 3 rings (SSSR count). The van der Waals surface area contributed by atoms with Crippen LogP contribution in [0.25, 0.3) is 0 Å². The Morgan fingerprint density at radius 1 is 1.17 bits per heavy atom. The van der Waals surface area contributed by atoms with Gasteiger partial charge in [0.15, 0.2) is 0 Å². The van der Waals surface area contributed by atoms with E-state index in [1.54, 1.807) is 24.3 Å². The molecule has 0 saturated carbocycles. The summed E-state index contributed by atoms with van der Waals surface area (Å²) in [5.74, 6) is 0.179. The van der Waals surface area contributed by atoms with Crippen molar-refractivity contribution in [3.8, 4) is 5.75 Å². The zero-order valence-electron chi connectivity index (χ0n) is 16.0. The number of hydrazone groups is 1. The smallest absolute Gasteiger partial charge is 0.271 e. The molecule has 152 valence electrons. The molecule has 0 radical (unpaired) electrons. The monoisotopic (exact) mass is 413 g/mol. The highest BCUT2D eigenvalue weighted by Gasteiger charge is 2.27. The first-order chi connectivity index (χ1) is 14.0. The molecule has 0 bridgehead atoms. The summed E-state index contributed by atoms with van der Waals surface area (Å²) in [5.41, 5.74) is 3.40. The molecule has 2 aromatic rings. The Balaban J connectivity index is 1.67. The van der Waals surface area contributed by atoms with E-state index in [9.17, 15) is 13.2 Å². The third-order valence-corrected chi connectivity index (χ3v) is 6.30. The topological polar surface area (TPSA) is 88.1 Å². The van der Waals surface area contributed by atoms with Crippen LogP contribution in [0.5, 0.6) is 5.75 Å². The second-order valence-electron chi connectivity index (χ2n) is 6.51. The fourth-order valence-electron chi connectivity index (χ4n) is 2.95. The van der Waals surface area contributed by atoms with Crippen LogP contribution in [0, 0.1) is 0 Å². The molecule has 1 saturated heterocycles. The van der Waals surface area contributed by atoms with Gasteiger partial charge in [-0.05, 0) is 48.7 Å². The largest absolute Gasteiger partial charge is 0.490 e. The third-order valence-electron chi connectivity index (χ3n) is 4.40. The highest BCUT2D eigenvalue weighted by atomic mass is 32.2. The molecule has 0 atom stereocenters. The molecule has 8 heteroatoms. The molecule has 1 N–H and O–H groups in total. The number of hydrogen-bond donors (Lipinski definition) is 1. The minimum atomic E-state index is -3.58. The zero-order chi connectivity index (χ0) is 20.7. The second-order valence-corrected chi connectivity index (χ2v) is 8.45. The molecule has 0 aromatic heterocycles. The molecular weight excluding hydrogens is 390 g/mol. The number of carbonyl (C=O) groups excluding carboxylic acids is 1. The summed E-state index contributed by atoms with van der Waals surface area (Å²) in [6.07, 6.45) is 4.85. The Morgan fingerprint density at radius 3 is 2.69 bits per heavy atom. The third kappa shape index (κ3) is 5.30. The van der Waals surface area contributed by atoms with Gasteiger partial charge >= 0.3 is 0 Å². The van der Waals surface area contributed by atoms with Gasteiger partial charge in [0, 0.05) is 18.7 Å². The van der Waals surface area contributed by atoms with Crippen molar-refractivity contribution >= 4 is 22.1 Å². The van der Waals surface area contributed by atoms with Gasteiger partial charge in [-0.2, -0.15) is 9.41 Å². The molecule has 1 aliphatic rings. The molecule has 1 amide bonds. The first-order valence-corrected chi connectivity index (χ1v) is 10.7. The predicted molar refractivity (Wildman–Crippen MR) is 112 cm³/mol. The van der Waals surface area contributed by atoms with Crippen LogP contribution in [0.15, 0.2) is 71.2 Å². The van der Waals surface area contributed by atoms with Crippen LogP contribution in [0.1, 0.15) is 28.8 Å². The maximum atomic E-state index is 12.7. The van der Waals surface area contributed by atoms with Crippen molar-refractivity contribution < 1.29 is 17.9 Å². The molecule has 1 heterocycles. The summed E-state index contributed by atoms with van der Waals surface area (Å²) in [7, 11) is -3.58. The van der Waals surface area contributed by atoms with E-state index in [0.717, 1.165) is 18.4 Å². The Kier molecular flexibility index (Phi) is 6.79. The average Bonchev–Trinajstić information content (AvgIpc) is 3.28.